The first-order chi connectivity index (χ1) is 9.70. The highest BCUT2D eigenvalue weighted by Crippen LogP contribution is 2.31. The van der Waals surface area contributed by atoms with E-state index in [1.807, 2.05) is 54.6 Å². The Morgan fingerprint density at radius 3 is 2.40 bits per heavy atom. The van der Waals surface area contributed by atoms with Crippen LogP contribution in [0.4, 0.5) is 0 Å². The first-order valence-electron chi connectivity index (χ1n) is 6.59. The number of aliphatic carboxylic acids is 1. The number of benzene rings is 2. The van der Waals surface area contributed by atoms with Crippen LogP contribution in [0.2, 0.25) is 0 Å². The molecule has 0 saturated heterocycles. The minimum atomic E-state index is -0.795. The standard InChI is InChI=1S/C17H18O3/c1-20-16-10-6-5-9-15(16)14(12-17(18)19)11-13-7-3-2-4-8-13/h2-10,14H,11-12H2,1H3,(H,18,19)/t14-/m1/s1. The van der Waals surface area contributed by atoms with Crippen molar-refractivity contribution in [2.45, 2.75) is 18.8 Å². The number of ether oxygens (including phenoxy) is 1. The highest BCUT2D eigenvalue weighted by Gasteiger charge is 2.19. The van der Waals surface area contributed by atoms with Crippen molar-refractivity contribution in [3.63, 3.8) is 0 Å². The van der Waals surface area contributed by atoms with Crippen LogP contribution in [-0.4, -0.2) is 18.2 Å². The summed E-state index contributed by atoms with van der Waals surface area (Å²) in [6, 6.07) is 17.5. The second-order valence-corrected chi connectivity index (χ2v) is 4.73. The summed E-state index contributed by atoms with van der Waals surface area (Å²) < 4.78 is 5.35. The third-order valence-corrected chi connectivity index (χ3v) is 3.32. The first kappa shape index (κ1) is 14.1. The number of carbonyl (C=O) groups is 1. The lowest BCUT2D eigenvalue weighted by Crippen LogP contribution is -2.10. The molecule has 3 heteroatoms. The Hall–Kier alpha value is -2.29. The molecule has 0 spiro atoms. The van der Waals surface area contributed by atoms with Crippen molar-refractivity contribution in [2.75, 3.05) is 7.11 Å². The van der Waals surface area contributed by atoms with Crippen LogP contribution in [0.25, 0.3) is 0 Å². The number of hydrogen-bond donors (Lipinski definition) is 1. The van der Waals surface area contributed by atoms with Gasteiger partial charge in [-0.25, -0.2) is 0 Å². The van der Waals surface area contributed by atoms with Gasteiger partial charge < -0.3 is 9.84 Å². The summed E-state index contributed by atoms with van der Waals surface area (Å²) >= 11 is 0. The number of carboxylic acid groups (broad SMARTS) is 1. The zero-order valence-corrected chi connectivity index (χ0v) is 11.5. The molecule has 0 saturated carbocycles. The SMILES string of the molecule is COc1ccccc1[C@@H](CC(=O)O)Cc1ccccc1. The number of hydrogen-bond acceptors (Lipinski definition) is 2. The second kappa shape index (κ2) is 6.75. The maximum Gasteiger partial charge on any atom is 0.303 e. The molecule has 0 aliphatic heterocycles. The molecule has 0 aliphatic rings. The van der Waals surface area contributed by atoms with E-state index in [9.17, 15) is 4.79 Å². The van der Waals surface area contributed by atoms with Crippen molar-refractivity contribution < 1.29 is 14.6 Å². The Labute approximate surface area is 118 Å². The van der Waals surface area contributed by atoms with E-state index >= 15 is 0 Å². The van der Waals surface area contributed by atoms with Gasteiger partial charge in [-0.3, -0.25) is 4.79 Å². The smallest absolute Gasteiger partial charge is 0.303 e. The van der Waals surface area contributed by atoms with Crippen molar-refractivity contribution in [2.24, 2.45) is 0 Å². The van der Waals surface area contributed by atoms with Gasteiger partial charge in [-0.1, -0.05) is 48.5 Å². The molecule has 0 amide bonds. The Kier molecular flexibility index (Phi) is 4.77. The summed E-state index contributed by atoms with van der Waals surface area (Å²) in [5, 5.41) is 9.15. The van der Waals surface area contributed by atoms with E-state index in [2.05, 4.69) is 0 Å². The highest BCUT2D eigenvalue weighted by molar-refractivity contribution is 5.68. The average Bonchev–Trinajstić information content (AvgIpc) is 2.47. The molecule has 2 rings (SSSR count). The minimum Gasteiger partial charge on any atom is -0.496 e. The average molecular weight is 270 g/mol. The minimum absolute atomic E-state index is 0.0916. The summed E-state index contributed by atoms with van der Waals surface area (Å²) in [6.45, 7) is 0. The summed E-state index contributed by atoms with van der Waals surface area (Å²) in [6.07, 6.45) is 0.781. The molecule has 20 heavy (non-hydrogen) atoms. The van der Waals surface area contributed by atoms with Crippen LogP contribution in [-0.2, 0) is 11.2 Å². The van der Waals surface area contributed by atoms with Gasteiger partial charge in [0, 0.05) is 5.92 Å². The van der Waals surface area contributed by atoms with Crippen LogP contribution in [0.5, 0.6) is 5.75 Å². The Morgan fingerprint density at radius 2 is 1.75 bits per heavy atom. The summed E-state index contributed by atoms with van der Waals surface area (Å²) in [7, 11) is 1.61. The van der Waals surface area contributed by atoms with Gasteiger partial charge >= 0.3 is 5.97 Å². The van der Waals surface area contributed by atoms with Gasteiger partial charge in [0.15, 0.2) is 0 Å². The van der Waals surface area contributed by atoms with Crippen LogP contribution in [0, 0.1) is 0 Å². The quantitative estimate of drug-likeness (QED) is 0.874. The largest absolute Gasteiger partial charge is 0.496 e. The van der Waals surface area contributed by atoms with Crippen molar-refractivity contribution in [1.82, 2.24) is 0 Å². The molecule has 2 aromatic carbocycles. The number of methoxy groups -OCH3 is 1. The predicted molar refractivity (Wildman–Crippen MR) is 78.1 cm³/mol. The lowest BCUT2D eigenvalue weighted by atomic mass is 9.88. The zero-order valence-electron chi connectivity index (χ0n) is 11.5. The predicted octanol–water partition coefficient (Wildman–Crippen LogP) is 3.50. The fourth-order valence-electron chi connectivity index (χ4n) is 2.41. The van der Waals surface area contributed by atoms with E-state index in [4.69, 9.17) is 9.84 Å². The molecule has 1 N–H and O–H groups in total. The van der Waals surface area contributed by atoms with Gasteiger partial charge in [-0.05, 0) is 23.6 Å². The highest BCUT2D eigenvalue weighted by atomic mass is 16.5. The van der Waals surface area contributed by atoms with E-state index in [1.165, 1.54) is 0 Å². The van der Waals surface area contributed by atoms with Gasteiger partial charge in [0.1, 0.15) is 5.75 Å². The van der Waals surface area contributed by atoms with Gasteiger partial charge in [0.25, 0.3) is 0 Å². The fraction of sp³-hybridized carbons (Fsp3) is 0.235. The molecule has 0 fully saturated rings. The van der Waals surface area contributed by atoms with E-state index in [-0.39, 0.29) is 12.3 Å². The molecule has 0 heterocycles. The molecule has 0 radical (unpaired) electrons. The fourth-order valence-corrected chi connectivity index (χ4v) is 2.41. The molecule has 0 aliphatic carbocycles. The molecule has 104 valence electrons. The zero-order chi connectivity index (χ0) is 14.4. The van der Waals surface area contributed by atoms with Crippen LogP contribution in [0.3, 0.4) is 0 Å². The molecule has 0 bridgehead atoms. The maximum atomic E-state index is 11.1. The summed E-state index contributed by atoms with van der Waals surface area (Å²) in [5.41, 5.74) is 2.07. The molecular weight excluding hydrogens is 252 g/mol. The maximum absolute atomic E-state index is 11.1. The third kappa shape index (κ3) is 3.60. The summed E-state index contributed by atoms with van der Waals surface area (Å²) in [5.74, 6) is -0.141. The second-order valence-electron chi connectivity index (χ2n) is 4.73. The van der Waals surface area contributed by atoms with E-state index in [0.717, 1.165) is 16.9 Å². The van der Waals surface area contributed by atoms with Gasteiger partial charge in [-0.2, -0.15) is 0 Å². The van der Waals surface area contributed by atoms with Gasteiger partial charge in [0.2, 0.25) is 0 Å². The molecule has 0 aromatic heterocycles. The lowest BCUT2D eigenvalue weighted by Gasteiger charge is -2.18. The monoisotopic (exact) mass is 270 g/mol. The van der Waals surface area contributed by atoms with E-state index in [1.54, 1.807) is 7.11 Å². The number of carboxylic acids is 1. The Morgan fingerprint density at radius 1 is 1.10 bits per heavy atom. The van der Waals surface area contributed by atoms with Gasteiger partial charge in [0.05, 0.1) is 13.5 Å². The molecule has 1 atom stereocenters. The number of rotatable bonds is 6. The molecule has 3 nitrogen and oxygen atoms in total. The Bertz CT molecular complexity index is 563. The lowest BCUT2D eigenvalue weighted by molar-refractivity contribution is -0.137. The van der Waals surface area contributed by atoms with E-state index in [0.29, 0.717) is 6.42 Å². The molecule has 2 aromatic rings. The van der Waals surface area contributed by atoms with Crippen molar-refractivity contribution in [1.29, 1.82) is 0 Å². The van der Waals surface area contributed by atoms with Gasteiger partial charge in [-0.15, -0.1) is 0 Å². The number of para-hydroxylation sites is 1. The van der Waals surface area contributed by atoms with Crippen molar-refractivity contribution >= 4 is 5.97 Å². The van der Waals surface area contributed by atoms with E-state index < -0.39 is 5.97 Å². The Balaban J connectivity index is 2.29. The topological polar surface area (TPSA) is 46.5 Å². The third-order valence-electron chi connectivity index (χ3n) is 3.32. The molecular formula is C17H18O3. The first-order valence-corrected chi connectivity index (χ1v) is 6.59. The van der Waals surface area contributed by atoms with Crippen molar-refractivity contribution in [3.8, 4) is 5.75 Å². The van der Waals surface area contributed by atoms with Crippen LogP contribution < -0.4 is 4.74 Å². The van der Waals surface area contributed by atoms with Crippen molar-refractivity contribution in [3.05, 3.63) is 65.7 Å². The van der Waals surface area contributed by atoms with Crippen LogP contribution >= 0.6 is 0 Å². The molecule has 0 unspecified atom stereocenters. The van der Waals surface area contributed by atoms with Crippen LogP contribution in [0.1, 0.15) is 23.5 Å². The normalized spacial score (nSPS) is 11.8. The summed E-state index contributed by atoms with van der Waals surface area (Å²) in [4.78, 5) is 11.1. The van der Waals surface area contributed by atoms with Crippen LogP contribution in [0.15, 0.2) is 54.6 Å².